The van der Waals surface area contributed by atoms with Gasteiger partial charge in [-0.05, 0) is 6.07 Å². The van der Waals surface area contributed by atoms with Crippen molar-refractivity contribution in [2.75, 3.05) is 13.7 Å². The number of carbonyl (C=O) groups is 1. The second-order valence-corrected chi connectivity index (χ2v) is 4.07. The van der Waals surface area contributed by atoms with E-state index >= 15 is 0 Å². The molecule has 5 nitrogen and oxygen atoms in total. The van der Waals surface area contributed by atoms with E-state index < -0.39 is 18.8 Å². The molecule has 0 spiro atoms. The van der Waals surface area contributed by atoms with Gasteiger partial charge in [-0.1, -0.05) is 0 Å². The van der Waals surface area contributed by atoms with Crippen molar-refractivity contribution in [3.8, 4) is 5.88 Å². The maximum Gasteiger partial charge on any atom is 0.422 e. The van der Waals surface area contributed by atoms with Gasteiger partial charge in [0.1, 0.15) is 5.65 Å². The van der Waals surface area contributed by atoms with E-state index in [2.05, 4.69) is 14.5 Å². The molecule has 0 fully saturated rings. The van der Waals surface area contributed by atoms with Gasteiger partial charge < -0.3 is 14.0 Å². The fraction of sp³-hybridized carbons (Fsp3) is 0.333. The number of esters is 1. The highest BCUT2D eigenvalue weighted by Crippen LogP contribution is 2.24. The molecule has 0 aliphatic rings. The highest BCUT2D eigenvalue weighted by molar-refractivity contribution is 6.03. The summed E-state index contributed by atoms with van der Waals surface area (Å²) in [7, 11) is 2.87. The Morgan fingerprint density at radius 1 is 1.40 bits per heavy atom. The van der Waals surface area contributed by atoms with Crippen molar-refractivity contribution in [1.82, 2.24) is 9.55 Å². The maximum absolute atomic E-state index is 12.1. The minimum absolute atomic E-state index is 0.160. The normalized spacial score (nSPS) is 11.7. The summed E-state index contributed by atoms with van der Waals surface area (Å²) in [5.74, 6) is -0.700. The van der Waals surface area contributed by atoms with Gasteiger partial charge in [-0.3, -0.25) is 0 Å². The van der Waals surface area contributed by atoms with Crippen LogP contribution in [0.4, 0.5) is 13.2 Å². The van der Waals surface area contributed by atoms with Gasteiger partial charge in [0.05, 0.1) is 12.7 Å². The first-order chi connectivity index (χ1) is 9.31. The van der Waals surface area contributed by atoms with Crippen LogP contribution >= 0.6 is 0 Å². The molecule has 2 aromatic heterocycles. The zero-order valence-electron chi connectivity index (χ0n) is 10.7. The van der Waals surface area contributed by atoms with Crippen LogP contribution in [0.1, 0.15) is 10.4 Å². The molecule has 0 bridgehead atoms. The van der Waals surface area contributed by atoms with E-state index in [0.29, 0.717) is 16.6 Å². The minimum atomic E-state index is -4.43. The summed E-state index contributed by atoms with van der Waals surface area (Å²) in [5, 5.41) is 0.485. The molecule has 0 saturated carbocycles. The topological polar surface area (TPSA) is 53.4 Å². The van der Waals surface area contributed by atoms with E-state index in [1.807, 2.05) is 0 Å². The Morgan fingerprint density at radius 2 is 2.10 bits per heavy atom. The zero-order valence-corrected chi connectivity index (χ0v) is 10.7. The lowest BCUT2D eigenvalue weighted by Crippen LogP contribution is -2.19. The van der Waals surface area contributed by atoms with Crippen LogP contribution in [-0.2, 0) is 11.8 Å². The molecule has 0 unspecified atom stereocenters. The molecule has 0 atom stereocenters. The number of aromatic nitrogens is 2. The van der Waals surface area contributed by atoms with E-state index in [-0.39, 0.29) is 5.88 Å². The summed E-state index contributed by atoms with van der Waals surface area (Å²) in [4.78, 5) is 15.5. The minimum Gasteiger partial charge on any atom is -0.468 e. The van der Waals surface area contributed by atoms with Crippen LogP contribution in [0.2, 0.25) is 0 Å². The molecule has 0 saturated heterocycles. The average molecular weight is 288 g/mol. The van der Waals surface area contributed by atoms with Gasteiger partial charge in [-0.25, -0.2) is 4.79 Å². The van der Waals surface area contributed by atoms with E-state index in [9.17, 15) is 18.0 Å². The van der Waals surface area contributed by atoms with Gasteiger partial charge in [0.2, 0.25) is 5.88 Å². The van der Waals surface area contributed by atoms with E-state index in [1.165, 1.54) is 30.0 Å². The number of halogens is 3. The molecular formula is C12H11F3N2O3. The van der Waals surface area contributed by atoms with Gasteiger partial charge in [0, 0.05) is 24.7 Å². The zero-order chi connectivity index (χ0) is 14.9. The monoisotopic (exact) mass is 288 g/mol. The molecule has 0 N–H and O–H groups in total. The number of fused-ring (bicyclic) bond motifs is 1. The number of carbonyl (C=O) groups excluding carboxylic acids is 1. The molecule has 0 radical (unpaired) electrons. The van der Waals surface area contributed by atoms with E-state index in [4.69, 9.17) is 0 Å². The third-order valence-electron chi connectivity index (χ3n) is 2.59. The summed E-state index contributed by atoms with van der Waals surface area (Å²) >= 11 is 0. The Bertz CT molecular complexity index is 649. The Balaban J connectivity index is 2.35. The molecule has 2 heterocycles. The summed E-state index contributed by atoms with van der Waals surface area (Å²) in [6.07, 6.45) is -2.93. The Kier molecular flexibility index (Phi) is 3.56. The van der Waals surface area contributed by atoms with Gasteiger partial charge in [-0.2, -0.15) is 18.2 Å². The molecule has 0 aliphatic carbocycles. The standard InChI is InChI=1S/C12H11F3N2O3/c1-17-5-8(11(18)19-2)7-3-4-9(16-10(7)17)20-6-12(13,14)15/h3-5H,6H2,1-2H3. The predicted molar refractivity (Wildman–Crippen MR) is 63.6 cm³/mol. The second-order valence-electron chi connectivity index (χ2n) is 4.07. The van der Waals surface area contributed by atoms with Crippen LogP contribution in [0.15, 0.2) is 18.3 Å². The van der Waals surface area contributed by atoms with Crippen molar-refractivity contribution in [3.63, 3.8) is 0 Å². The molecule has 0 aliphatic heterocycles. The maximum atomic E-state index is 12.1. The fourth-order valence-electron chi connectivity index (χ4n) is 1.74. The molecule has 20 heavy (non-hydrogen) atoms. The molecular weight excluding hydrogens is 277 g/mol. The van der Waals surface area contributed by atoms with Crippen molar-refractivity contribution in [3.05, 3.63) is 23.9 Å². The lowest BCUT2D eigenvalue weighted by Gasteiger charge is -2.08. The molecule has 2 rings (SSSR count). The van der Waals surface area contributed by atoms with Gasteiger partial charge in [0.25, 0.3) is 0 Å². The lowest BCUT2D eigenvalue weighted by molar-refractivity contribution is -0.154. The van der Waals surface area contributed by atoms with Crippen molar-refractivity contribution in [1.29, 1.82) is 0 Å². The third kappa shape index (κ3) is 2.84. The highest BCUT2D eigenvalue weighted by atomic mass is 19.4. The van der Waals surface area contributed by atoms with Crippen LogP contribution in [0.25, 0.3) is 11.0 Å². The summed E-state index contributed by atoms with van der Waals surface area (Å²) in [6.45, 7) is -1.42. The van der Waals surface area contributed by atoms with Gasteiger partial charge in [-0.15, -0.1) is 0 Å². The number of pyridine rings is 1. The second kappa shape index (κ2) is 5.03. The largest absolute Gasteiger partial charge is 0.468 e. The molecule has 2 aromatic rings. The molecule has 108 valence electrons. The summed E-state index contributed by atoms with van der Waals surface area (Å²) in [6, 6.07) is 2.75. The number of hydrogen-bond donors (Lipinski definition) is 0. The number of hydrogen-bond acceptors (Lipinski definition) is 4. The van der Waals surface area contributed by atoms with Crippen LogP contribution in [0, 0.1) is 0 Å². The van der Waals surface area contributed by atoms with Crippen molar-refractivity contribution >= 4 is 17.0 Å². The Hall–Kier alpha value is -2.25. The predicted octanol–water partition coefficient (Wildman–Crippen LogP) is 2.30. The number of methoxy groups -OCH3 is 1. The van der Waals surface area contributed by atoms with E-state index in [1.54, 1.807) is 7.05 Å². The SMILES string of the molecule is COC(=O)c1cn(C)c2nc(OCC(F)(F)F)ccc12. The molecule has 0 aromatic carbocycles. The molecule has 0 amide bonds. The van der Waals surface area contributed by atoms with Gasteiger partial charge >= 0.3 is 12.1 Å². The van der Waals surface area contributed by atoms with Crippen LogP contribution in [0.3, 0.4) is 0 Å². The summed E-state index contributed by atoms with van der Waals surface area (Å²) in [5.41, 5.74) is 0.630. The number of ether oxygens (including phenoxy) is 2. The van der Waals surface area contributed by atoms with Crippen LogP contribution in [0.5, 0.6) is 5.88 Å². The first kappa shape index (κ1) is 14.2. The van der Waals surface area contributed by atoms with Crippen LogP contribution in [-0.4, -0.2) is 35.4 Å². The van der Waals surface area contributed by atoms with Crippen LogP contribution < -0.4 is 4.74 Å². The van der Waals surface area contributed by atoms with Crippen molar-refractivity contribution < 1.29 is 27.4 Å². The molecule has 8 heteroatoms. The highest BCUT2D eigenvalue weighted by Gasteiger charge is 2.28. The van der Waals surface area contributed by atoms with E-state index in [0.717, 1.165) is 0 Å². The van der Waals surface area contributed by atoms with Crippen molar-refractivity contribution in [2.24, 2.45) is 7.05 Å². The number of aryl methyl sites for hydroxylation is 1. The first-order valence-electron chi connectivity index (χ1n) is 5.56. The number of rotatable bonds is 3. The number of alkyl halides is 3. The van der Waals surface area contributed by atoms with Gasteiger partial charge in [0.15, 0.2) is 6.61 Å². The Morgan fingerprint density at radius 3 is 2.70 bits per heavy atom. The smallest absolute Gasteiger partial charge is 0.422 e. The first-order valence-corrected chi connectivity index (χ1v) is 5.56. The van der Waals surface area contributed by atoms with Crippen molar-refractivity contribution in [2.45, 2.75) is 6.18 Å². The third-order valence-corrected chi connectivity index (χ3v) is 2.59. The quantitative estimate of drug-likeness (QED) is 0.813. The summed E-state index contributed by atoms with van der Waals surface area (Å²) < 4.78 is 46.9. The lowest BCUT2D eigenvalue weighted by atomic mass is 10.2. The number of nitrogens with zero attached hydrogens (tertiary/aromatic N) is 2. The Labute approximate surface area is 111 Å². The fourth-order valence-corrected chi connectivity index (χ4v) is 1.74. The average Bonchev–Trinajstić information content (AvgIpc) is 2.72.